The van der Waals surface area contributed by atoms with Crippen molar-refractivity contribution < 1.29 is 18.7 Å². The minimum atomic E-state index is -0.535. The molecule has 0 bridgehead atoms. The molecule has 6 nitrogen and oxygen atoms in total. The van der Waals surface area contributed by atoms with Crippen molar-refractivity contribution in [3.8, 4) is 5.75 Å². The van der Waals surface area contributed by atoms with E-state index in [1.807, 2.05) is 32.0 Å². The van der Waals surface area contributed by atoms with Crippen LogP contribution < -0.4 is 15.4 Å². The van der Waals surface area contributed by atoms with E-state index in [1.165, 1.54) is 30.0 Å². The molecule has 3 aromatic carbocycles. The van der Waals surface area contributed by atoms with Gasteiger partial charge in [0.05, 0.1) is 21.3 Å². The number of hydrogen-bond acceptors (Lipinski definition) is 5. The van der Waals surface area contributed by atoms with E-state index in [0.29, 0.717) is 21.4 Å². The smallest absolute Gasteiger partial charge is 0.264 e. The van der Waals surface area contributed by atoms with E-state index >= 15 is 0 Å². The van der Waals surface area contributed by atoms with Crippen molar-refractivity contribution in [1.82, 2.24) is 5.32 Å². The van der Waals surface area contributed by atoms with Gasteiger partial charge in [-0.25, -0.2) is 9.38 Å². The summed E-state index contributed by atoms with van der Waals surface area (Å²) in [5.74, 6) is -1.02. The average molecular weight is 510 g/mol. The number of carbonyl (C=O) groups is 2. The van der Waals surface area contributed by atoms with E-state index < -0.39 is 11.7 Å². The van der Waals surface area contributed by atoms with Gasteiger partial charge in [-0.15, -0.1) is 0 Å². The van der Waals surface area contributed by atoms with Crippen molar-refractivity contribution in [2.24, 2.45) is 4.99 Å². The maximum atomic E-state index is 13.7. The first-order chi connectivity index (χ1) is 16.8. The van der Waals surface area contributed by atoms with Crippen molar-refractivity contribution in [3.05, 3.63) is 93.1 Å². The number of carbonyl (C=O) groups excluding carboxylic acids is 2. The van der Waals surface area contributed by atoms with Gasteiger partial charge >= 0.3 is 0 Å². The van der Waals surface area contributed by atoms with Crippen molar-refractivity contribution in [2.45, 2.75) is 13.8 Å². The highest BCUT2D eigenvalue weighted by Gasteiger charge is 2.24. The van der Waals surface area contributed by atoms with Crippen LogP contribution in [0.2, 0.25) is 5.02 Å². The number of benzene rings is 3. The second-order valence-electron chi connectivity index (χ2n) is 7.71. The predicted molar refractivity (Wildman–Crippen MR) is 139 cm³/mol. The molecule has 0 aliphatic carbocycles. The van der Waals surface area contributed by atoms with Gasteiger partial charge in [-0.1, -0.05) is 41.9 Å². The lowest BCUT2D eigenvalue weighted by atomic mass is 10.1. The fourth-order valence-corrected chi connectivity index (χ4v) is 4.29. The highest BCUT2D eigenvalue weighted by Crippen LogP contribution is 2.32. The molecule has 35 heavy (non-hydrogen) atoms. The lowest BCUT2D eigenvalue weighted by Crippen LogP contribution is -2.20. The quantitative estimate of drug-likeness (QED) is 0.399. The molecule has 2 amide bonds. The van der Waals surface area contributed by atoms with Gasteiger partial charge in [-0.05, 0) is 78.7 Å². The van der Waals surface area contributed by atoms with Crippen molar-refractivity contribution in [1.29, 1.82) is 0 Å². The molecule has 3 aromatic rings. The molecule has 0 radical (unpaired) electrons. The Bertz CT molecular complexity index is 1370. The van der Waals surface area contributed by atoms with Crippen molar-refractivity contribution in [3.63, 3.8) is 0 Å². The predicted octanol–water partition coefficient (Wildman–Crippen LogP) is 6.01. The van der Waals surface area contributed by atoms with Crippen LogP contribution in [0.1, 0.15) is 16.7 Å². The highest BCUT2D eigenvalue weighted by molar-refractivity contribution is 8.18. The molecule has 1 heterocycles. The molecule has 1 fully saturated rings. The SMILES string of the molecule is Cc1cccc(N=C2NC(=O)/C(=C/c3ccc(OCC(=O)Nc4ccccc4F)c(Cl)c3)S2)c1C. The lowest BCUT2D eigenvalue weighted by molar-refractivity contribution is -0.118. The summed E-state index contributed by atoms with van der Waals surface area (Å²) >= 11 is 7.55. The van der Waals surface area contributed by atoms with Gasteiger partial charge < -0.3 is 15.4 Å². The molecule has 1 saturated heterocycles. The first-order valence-electron chi connectivity index (χ1n) is 10.6. The Labute approximate surface area is 211 Å². The maximum Gasteiger partial charge on any atom is 0.264 e. The third-order valence-corrected chi connectivity index (χ3v) is 6.41. The molecule has 0 saturated carbocycles. The molecule has 0 unspecified atom stereocenters. The monoisotopic (exact) mass is 509 g/mol. The Kier molecular flexibility index (Phi) is 7.53. The van der Waals surface area contributed by atoms with Gasteiger partial charge in [0.25, 0.3) is 11.8 Å². The van der Waals surface area contributed by atoms with Gasteiger partial charge in [0.1, 0.15) is 11.6 Å². The standard InChI is InChI=1S/C26H21ClFN3O3S/c1-15-6-5-9-20(16(15)2)30-26-31-25(33)23(35-26)13-17-10-11-22(18(27)12-17)34-14-24(32)29-21-8-4-3-7-19(21)28/h3-13H,14H2,1-2H3,(H,29,32)(H,30,31,33)/b23-13-. The molecule has 0 spiro atoms. The molecular weight excluding hydrogens is 489 g/mol. The van der Waals surface area contributed by atoms with Crippen molar-refractivity contribution in [2.75, 3.05) is 11.9 Å². The summed E-state index contributed by atoms with van der Waals surface area (Å²) in [7, 11) is 0. The molecule has 0 aromatic heterocycles. The van der Waals surface area contributed by atoms with Crippen LogP contribution in [-0.2, 0) is 9.59 Å². The van der Waals surface area contributed by atoms with Crippen LogP contribution in [0.5, 0.6) is 5.75 Å². The van der Waals surface area contributed by atoms with Crippen LogP contribution in [0.25, 0.3) is 6.08 Å². The number of hydrogen-bond donors (Lipinski definition) is 2. The van der Waals surface area contributed by atoms with Gasteiger partial charge in [-0.3, -0.25) is 9.59 Å². The number of aryl methyl sites for hydroxylation is 1. The Morgan fingerprint density at radius 2 is 1.97 bits per heavy atom. The zero-order chi connectivity index (χ0) is 24.9. The normalized spacial score (nSPS) is 15.4. The number of para-hydroxylation sites is 1. The van der Waals surface area contributed by atoms with E-state index in [9.17, 15) is 14.0 Å². The summed E-state index contributed by atoms with van der Waals surface area (Å²) in [5, 5.41) is 5.99. The van der Waals surface area contributed by atoms with E-state index in [2.05, 4.69) is 15.6 Å². The topological polar surface area (TPSA) is 79.8 Å². The molecule has 178 valence electrons. The number of thioether (sulfide) groups is 1. The number of nitrogens with one attached hydrogen (secondary N) is 2. The maximum absolute atomic E-state index is 13.7. The zero-order valence-corrected chi connectivity index (χ0v) is 20.5. The molecule has 0 atom stereocenters. The number of amides is 2. The van der Waals surface area contributed by atoms with E-state index in [1.54, 1.807) is 30.3 Å². The Morgan fingerprint density at radius 1 is 1.17 bits per heavy atom. The fourth-order valence-electron chi connectivity index (χ4n) is 3.21. The molecule has 1 aliphatic rings. The zero-order valence-electron chi connectivity index (χ0n) is 18.9. The van der Waals surface area contributed by atoms with Gasteiger partial charge in [0.15, 0.2) is 11.8 Å². The minimum absolute atomic E-state index is 0.0713. The van der Waals surface area contributed by atoms with Crippen LogP contribution in [0, 0.1) is 19.7 Å². The van der Waals surface area contributed by atoms with Crippen LogP contribution in [-0.4, -0.2) is 23.6 Å². The second-order valence-corrected chi connectivity index (χ2v) is 9.15. The number of ether oxygens (including phenoxy) is 1. The van der Waals surface area contributed by atoms with E-state index in [0.717, 1.165) is 16.8 Å². The summed E-state index contributed by atoms with van der Waals surface area (Å²) in [6, 6.07) is 16.7. The van der Waals surface area contributed by atoms with E-state index in [4.69, 9.17) is 16.3 Å². The first kappa shape index (κ1) is 24.5. The van der Waals surface area contributed by atoms with Crippen molar-refractivity contribution >= 4 is 57.8 Å². The number of anilines is 1. The summed E-state index contributed by atoms with van der Waals surface area (Å²) in [6.07, 6.45) is 1.70. The summed E-state index contributed by atoms with van der Waals surface area (Å²) in [5.41, 5.74) is 3.74. The number of aliphatic imine (C=N–C) groups is 1. The van der Waals surface area contributed by atoms with E-state index in [-0.39, 0.29) is 23.2 Å². The molecule has 9 heteroatoms. The Morgan fingerprint density at radius 3 is 2.74 bits per heavy atom. The third kappa shape index (κ3) is 6.09. The molecular formula is C26H21ClFN3O3S. The first-order valence-corrected chi connectivity index (χ1v) is 11.8. The summed E-state index contributed by atoms with van der Waals surface area (Å²) < 4.78 is 19.1. The van der Waals surface area contributed by atoms with Gasteiger partial charge in [-0.2, -0.15) is 0 Å². The van der Waals surface area contributed by atoms with Crippen LogP contribution in [0.4, 0.5) is 15.8 Å². The highest BCUT2D eigenvalue weighted by atomic mass is 35.5. The largest absolute Gasteiger partial charge is 0.482 e. The van der Waals surface area contributed by atoms with Gasteiger partial charge in [0, 0.05) is 0 Å². The van der Waals surface area contributed by atoms with Crippen LogP contribution in [0.15, 0.2) is 70.6 Å². The molecule has 1 aliphatic heterocycles. The minimum Gasteiger partial charge on any atom is -0.482 e. The molecule has 2 N–H and O–H groups in total. The third-order valence-electron chi connectivity index (χ3n) is 5.21. The average Bonchev–Trinajstić information content (AvgIpc) is 3.16. The van der Waals surface area contributed by atoms with Crippen LogP contribution >= 0.6 is 23.4 Å². The number of rotatable bonds is 6. The summed E-state index contributed by atoms with van der Waals surface area (Å²) in [6.45, 7) is 3.66. The van der Waals surface area contributed by atoms with Crippen LogP contribution in [0.3, 0.4) is 0 Å². The number of halogens is 2. The second kappa shape index (κ2) is 10.8. The Balaban J connectivity index is 1.41. The lowest BCUT2D eigenvalue weighted by Gasteiger charge is -2.10. The molecule has 4 rings (SSSR count). The van der Waals surface area contributed by atoms with Gasteiger partial charge in [0.2, 0.25) is 0 Å². The fraction of sp³-hybridized carbons (Fsp3) is 0.115. The number of nitrogens with zero attached hydrogens (tertiary/aromatic N) is 1. The Hall–Kier alpha value is -3.62. The number of amidine groups is 1. The summed E-state index contributed by atoms with van der Waals surface area (Å²) in [4.78, 5) is 29.5.